The highest BCUT2D eigenvalue weighted by molar-refractivity contribution is 6.82. The predicted molar refractivity (Wildman–Crippen MR) is 55.2 cm³/mol. The quantitative estimate of drug-likeness (QED) is 0.588. The van der Waals surface area contributed by atoms with Crippen molar-refractivity contribution in [3.05, 3.63) is 11.8 Å². The Labute approximate surface area is 72.2 Å². The molecular formula is C9H21NSi. The fourth-order valence-corrected chi connectivity index (χ4v) is 3.92. The molecule has 0 aromatic carbocycles. The molecule has 0 aromatic rings. The molecule has 0 fully saturated rings. The van der Waals surface area contributed by atoms with Gasteiger partial charge in [-0.1, -0.05) is 25.1 Å². The zero-order valence-corrected chi connectivity index (χ0v) is 9.57. The Morgan fingerprint density at radius 3 is 2.00 bits per heavy atom. The summed E-state index contributed by atoms with van der Waals surface area (Å²) in [4.78, 5) is 0. The second-order valence-electron chi connectivity index (χ2n) is 3.70. The topological polar surface area (TPSA) is 3.24 Å². The van der Waals surface area contributed by atoms with Crippen LogP contribution in [0.1, 0.15) is 20.3 Å². The first-order chi connectivity index (χ1) is 4.95. The molecule has 0 aliphatic carbocycles. The van der Waals surface area contributed by atoms with Crippen LogP contribution in [0.4, 0.5) is 0 Å². The third-order valence-electron chi connectivity index (χ3n) is 2.64. The molecule has 0 N–H and O–H groups in total. The van der Waals surface area contributed by atoms with Crippen molar-refractivity contribution in [3.8, 4) is 0 Å². The second-order valence-corrected chi connectivity index (χ2v) is 8.49. The lowest BCUT2D eigenvalue weighted by Gasteiger charge is -2.34. The molecular weight excluding hydrogens is 150 g/mol. The van der Waals surface area contributed by atoms with Crippen molar-refractivity contribution in [2.24, 2.45) is 0 Å². The molecule has 0 spiro atoms. The number of hydrogen-bond acceptors (Lipinski definition) is 1. The molecule has 0 rings (SSSR count). The largest absolute Gasteiger partial charge is 0.326 e. The minimum absolute atomic E-state index is 1.27. The lowest BCUT2D eigenvalue weighted by atomic mass is 10.6. The third kappa shape index (κ3) is 2.45. The number of rotatable bonds is 4. The van der Waals surface area contributed by atoms with Crippen LogP contribution in [0.2, 0.25) is 12.6 Å². The summed E-state index contributed by atoms with van der Waals surface area (Å²) in [6.07, 6.45) is 1.27. The van der Waals surface area contributed by atoms with Crippen LogP contribution in [0, 0.1) is 0 Å². The van der Waals surface area contributed by atoms with Crippen molar-refractivity contribution in [2.45, 2.75) is 32.9 Å². The van der Waals surface area contributed by atoms with Crippen LogP contribution < -0.4 is 0 Å². The van der Waals surface area contributed by atoms with Crippen molar-refractivity contribution in [3.63, 3.8) is 0 Å². The zero-order valence-electron chi connectivity index (χ0n) is 8.57. The van der Waals surface area contributed by atoms with Crippen molar-refractivity contribution in [2.75, 3.05) is 14.1 Å². The SMILES string of the molecule is C=C(C)[Si](C)(CCC)N(C)C. The van der Waals surface area contributed by atoms with Crippen LogP contribution in [-0.2, 0) is 0 Å². The van der Waals surface area contributed by atoms with Gasteiger partial charge in [0.25, 0.3) is 0 Å². The first-order valence-corrected chi connectivity index (χ1v) is 6.94. The molecule has 0 aliphatic rings. The maximum Gasteiger partial charge on any atom is 0.151 e. The Hall–Kier alpha value is -0.0831. The van der Waals surface area contributed by atoms with Gasteiger partial charge in [-0.3, -0.25) is 0 Å². The van der Waals surface area contributed by atoms with Gasteiger partial charge in [0, 0.05) is 0 Å². The zero-order chi connectivity index (χ0) is 9.07. The van der Waals surface area contributed by atoms with Crippen LogP contribution in [0.3, 0.4) is 0 Å². The van der Waals surface area contributed by atoms with E-state index in [1.807, 2.05) is 0 Å². The number of hydrogen-bond donors (Lipinski definition) is 0. The van der Waals surface area contributed by atoms with E-state index in [0.717, 1.165) is 0 Å². The first-order valence-electron chi connectivity index (χ1n) is 4.28. The number of nitrogens with zero attached hydrogens (tertiary/aromatic N) is 1. The highest BCUT2D eigenvalue weighted by Gasteiger charge is 2.29. The molecule has 0 radical (unpaired) electrons. The molecule has 2 heteroatoms. The van der Waals surface area contributed by atoms with Gasteiger partial charge in [0.15, 0.2) is 8.24 Å². The predicted octanol–water partition coefficient (Wildman–Crippen LogP) is 2.65. The van der Waals surface area contributed by atoms with Crippen LogP contribution in [0.15, 0.2) is 11.8 Å². The van der Waals surface area contributed by atoms with Crippen LogP contribution in [-0.4, -0.2) is 26.9 Å². The molecule has 1 nitrogen and oxygen atoms in total. The summed E-state index contributed by atoms with van der Waals surface area (Å²) < 4.78 is 2.39. The lowest BCUT2D eigenvalue weighted by Crippen LogP contribution is -2.47. The van der Waals surface area contributed by atoms with Crippen molar-refractivity contribution in [1.29, 1.82) is 0 Å². The molecule has 0 aliphatic heterocycles. The summed E-state index contributed by atoms with van der Waals surface area (Å²) in [5.74, 6) is 0. The molecule has 1 unspecified atom stereocenters. The van der Waals surface area contributed by atoms with E-state index in [9.17, 15) is 0 Å². The molecule has 66 valence electrons. The fourth-order valence-electron chi connectivity index (χ4n) is 1.31. The van der Waals surface area contributed by atoms with Gasteiger partial charge in [-0.05, 0) is 27.1 Å². The van der Waals surface area contributed by atoms with E-state index in [1.165, 1.54) is 17.7 Å². The smallest absolute Gasteiger partial charge is 0.151 e. The normalized spacial score (nSPS) is 16.5. The molecule has 0 bridgehead atoms. The minimum atomic E-state index is -1.27. The molecule has 11 heavy (non-hydrogen) atoms. The van der Waals surface area contributed by atoms with Gasteiger partial charge in [-0.15, -0.1) is 6.58 Å². The summed E-state index contributed by atoms with van der Waals surface area (Å²) >= 11 is 0. The van der Waals surface area contributed by atoms with E-state index < -0.39 is 8.24 Å². The highest BCUT2D eigenvalue weighted by atomic mass is 28.3. The van der Waals surface area contributed by atoms with Crippen LogP contribution in [0.25, 0.3) is 0 Å². The molecule has 0 amide bonds. The van der Waals surface area contributed by atoms with Gasteiger partial charge < -0.3 is 4.57 Å². The van der Waals surface area contributed by atoms with Crippen molar-refractivity contribution >= 4 is 8.24 Å². The fraction of sp³-hybridized carbons (Fsp3) is 0.778. The average molecular weight is 171 g/mol. The van der Waals surface area contributed by atoms with Gasteiger partial charge >= 0.3 is 0 Å². The monoisotopic (exact) mass is 171 g/mol. The van der Waals surface area contributed by atoms with E-state index in [0.29, 0.717) is 0 Å². The number of allylic oxidation sites excluding steroid dienone is 1. The minimum Gasteiger partial charge on any atom is -0.326 e. The molecule has 1 atom stereocenters. The maximum atomic E-state index is 4.09. The Morgan fingerprint density at radius 2 is 1.91 bits per heavy atom. The lowest BCUT2D eigenvalue weighted by molar-refractivity contribution is 0.615. The Morgan fingerprint density at radius 1 is 1.45 bits per heavy atom. The summed E-state index contributed by atoms with van der Waals surface area (Å²) in [6, 6.07) is 1.33. The van der Waals surface area contributed by atoms with E-state index in [1.54, 1.807) is 0 Å². The van der Waals surface area contributed by atoms with E-state index in [4.69, 9.17) is 0 Å². The van der Waals surface area contributed by atoms with Gasteiger partial charge in [0.1, 0.15) is 0 Å². The van der Waals surface area contributed by atoms with Crippen molar-refractivity contribution in [1.82, 2.24) is 4.57 Å². The van der Waals surface area contributed by atoms with Gasteiger partial charge in [0.2, 0.25) is 0 Å². The standard InChI is InChI=1S/C9H21NSi/c1-7-8-11(6,9(2)3)10(4)5/h2,7-8H2,1,3-6H3. The van der Waals surface area contributed by atoms with Gasteiger partial charge in [-0.25, -0.2) is 0 Å². The summed E-state index contributed by atoms with van der Waals surface area (Å²) in [7, 11) is 3.09. The van der Waals surface area contributed by atoms with Crippen LogP contribution >= 0.6 is 0 Å². The Kier molecular flexibility index (Phi) is 4.04. The molecule has 0 aromatic heterocycles. The Balaban J connectivity index is 4.38. The van der Waals surface area contributed by atoms with Gasteiger partial charge in [-0.2, -0.15) is 0 Å². The second kappa shape index (κ2) is 4.07. The van der Waals surface area contributed by atoms with Gasteiger partial charge in [0.05, 0.1) is 0 Å². The first kappa shape index (κ1) is 10.9. The Bertz CT molecular complexity index is 142. The molecule has 0 saturated heterocycles. The van der Waals surface area contributed by atoms with E-state index >= 15 is 0 Å². The summed E-state index contributed by atoms with van der Waals surface area (Å²) in [6.45, 7) is 10.9. The van der Waals surface area contributed by atoms with Crippen molar-refractivity contribution < 1.29 is 0 Å². The van der Waals surface area contributed by atoms with E-state index in [2.05, 4.69) is 45.6 Å². The highest BCUT2D eigenvalue weighted by Crippen LogP contribution is 2.21. The average Bonchev–Trinajstić information content (AvgIpc) is 1.87. The van der Waals surface area contributed by atoms with Crippen LogP contribution in [0.5, 0.6) is 0 Å². The van der Waals surface area contributed by atoms with E-state index in [-0.39, 0.29) is 0 Å². The third-order valence-corrected chi connectivity index (χ3v) is 7.93. The maximum absolute atomic E-state index is 4.09. The summed E-state index contributed by atoms with van der Waals surface area (Å²) in [5.41, 5.74) is 0. The summed E-state index contributed by atoms with van der Waals surface area (Å²) in [5, 5.41) is 1.39. The molecule has 0 heterocycles. The molecule has 0 saturated carbocycles.